The molecule has 3 rings (SSSR count). The Morgan fingerprint density at radius 1 is 1.16 bits per heavy atom. The molecule has 0 aromatic heterocycles. The van der Waals surface area contributed by atoms with Crippen LogP contribution in [0.1, 0.15) is 18.9 Å². The SMILES string of the molecule is CCC(C(=O)NCc1ccc(N2CCOCC2)cc1)N(c1ccccc1F)S(C)(=O)=O. The standard InChI is InChI=1S/C22H28FN3O4S/c1-3-20(26(31(2,28)29)21-7-5-4-6-19(21)23)22(27)24-16-17-8-10-18(11-9-17)25-12-14-30-15-13-25/h4-11,20H,3,12-16H2,1-2H3,(H,24,27). The molecule has 1 heterocycles. The first-order chi connectivity index (χ1) is 14.8. The fourth-order valence-corrected chi connectivity index (χ4v) is 4.83. The minimum atomic E-state index is -3.88. The maximum atomic E-state index is 14.3. The summed E-state index contributed by atoms with van der Waals surface area (Å²) in [6.45, 7) is 5.02. The summed E-state index contributed by atoms with van der Waals surface area (Å²) >= 11 is 0. The monoisotopic (exact) mass is 449 g/mol. The fraction of sp³-hybridized carbons (Fsp3) is 0.409. The van der Waals surface area contributed by atoms with Gasteiger partial charge < -0.3 is 15.0 Å². The Balaban J connectivity index is 1.70. The first-order valence-electron chi connectivity index (χ1n) is 10.2. The Morgan fingerprint density at radius 2 is 1.81 bits per heavy atom. The number of amides is 1. The summed E-state index contributed by atoms with van der Waals surface area (Å²) in [7, 11) is -3.88. The normalized spacial score (nSPS) is 15.4. The zero-order valence-corrected chi connectivity index (χ0v) is 18.6. The second-order valence-corrected chi connectivity index (χ2v) is 9.28. The van der Waals surface area contributed by atoms with Crippen LogP contribution < -0.4 is 14.5 Å². The lowest BCUT2D eigenvalue weighted by Gasteiger charge is -2.30. The number of nitrogens with one attached hydrogen (secondary N) is 1. The van der Waals surface area contributed by atoms with Crippen molar-refractivity contribution in [3.8, 4) is 0 Å². The first kappa shape index (κ1) is 23.0. The van der Waals surface area contributed by atoms with E-state index in [0.29, 0.717) is 13.2 Å². The van der Waals surface area contributed by atoms with Crippen LogP contribution in [0, 0.1) is 5.82 Å². The molecule has 0 radical (unpaired) electrons. The van der Waals surface area contributed by atoms with Crippen LogP contribution in [0.25, 0.3) is 0 Å². The van der Waals surface area contributed by atoms with E-state index in [9.17, 15) is 17.6 Å². The highest BCUT2D eigenvalue weighted by atomic mass is 32.2. The molecule has 1 atom stereocenters. The molecule has 0 bridgehead atoms. The van der Waals surface area contributed by atoms with Gasteiger partial charge in [0.05, 0.1) is 25.2 Å². The number of carbonyl (C=O) groups is 1. The molecule has 2 aromatic carbocycles. The van der Waals surface area contributed by atoms with Crippen LogP contribution in [-0.2, 0) is 26.1 Å². The molecule has 1 N–H and O–H groups in total. The summed E-state index contributed by atoms with van der Waals surface area (Å²) in [5.41, 5.74) is 1.84. The van der Waals surface area contributed by atoms with E-state index in [4.69, 9.17) is 4.74 Å². The number of nitrogens with zero attached hydrogens (tertiary/aromatic N) is 2. The summed E-state index contributed by atoms with van der Waals surface area (Å²) in [6.07, 6.45) is 1.17. The van der Waals surface area contributed by atoms with Crippen LogP contribution in [0.2, 0.25) is 0 Å². The highest BCUT2D eigenvalue weighted by molar-refractivity contribution is 7.92. The fourth-order valence-electron chi connectivity index (χ4n) is 3.62. The topological polar surface area (TPSA) is 79.0 Å². The lowest BCUT2D eigenvalue weighted by molar-refractivity contribution is -0.122. The van der Waals surface area contributed by atoms with Crippen molar-refractivity contribution in [2.24, 2.45) is 0 Å². The van der Waals surface area contributed by atoms with Gasteiger partial charge in [0.15, 0.2) is 0 Å². The Kier molecular flexibility index (Phi) is 7.50. The predicted octanol–water partition coefficient (Wildman–Crippen LogP) is 2.52. The third kappa shape index (κ3) is 5.74. The van der Waals surface area contributed by atoms with E-state index in [1.165, 1.54) is 24.3 Å². The van der Waals surface area contributed by atoms with Gasteiger partial charge in [0.25, 0.3) is 0 Å². The first-order valence-corrected chi connectivity index (χ1v) is 12.1. The number of rotatable bonds is 8. The zero-order chi connectivity index (χ0) is 22.4. The van der Waals surface area contributed by atoms with Gasteiger partial charge in [0.2, 0.25) is 15.9 Å². The number of hydrogen-bond donors (Lipinski definition) is 1. The molecule has 0 saturated carbocycles. The second kappa shape index (κ2) is 10.1. The zero-order valence-electron chi connectivity index (χ0n) is 17.8. The van der Waals surface area contributed by atoms with Gasteiger partial charge in [-0.05, 0) is 36.2 Å². The van der Waals surface area contributed by atoms with Gasteiger partial charge in [-0.15, -0.1) is 0 Å². The number of para-hydroxylation sites is 1. The van der Waals surface area contributed by atoms with E-state index < -0.39 is 27.8 Å². The Bertz CT molecular complexity index is 992. The van der Waals surface area contributed by atoms with Crippen LogP contribution in [0.5, 0.6) is 0 Å². The van der Waals surface area contributed by atoms with Crippen molar-refractivity contribution >= 4 is 27.3 Å². The van der Waals surface area contributed by atoms with Gasteiger partial charge in [-0.2, -0.15) is 0 Å². The average molecular weight is 450 g/mol. The van der Waals surface area contributed by atoms with Crippen LogP contribution in [0.3, 0.4) is 0 Å². The van der Waals surface area contributed by atoms with Gasteiger partial charge >= 0.3 is 0 Å². The maximum Gasteiger partial charge on any atom is 0.244 e. The number of morpholine rings is 1. The highest BCUT2D eigenvalue weighted by Crippen LogP contribution is 2.25. The Labute approximate surface area is 182 Å². The molecular formula is C22H28FN3O4S. The summed E-state index contributed by atoms with van der Waals surface area (Å²) in [4.78, 5) is 15.1. The average Bonchev–Trinajstić information content (AvgIpc) is 2.76. The van der Waals surface area contributed by atoms with Gasteiger partial charge in [-0.1, -0.05) is 31.2 Å². The molecule has 0 spiro atoms. The molecule has 1 amide bonds. The number of halogens is 1. The van der Waals surface area contributed by atoms with E-state index in [1.54, 1.807) is 6.92 Å². The molecule has 2 aromatic rings. The van der Waals surface area contributed by atoms with Crippen molar-refractivity contribution in [3.05, 3.63) is 59.9 Å². The van der Waals surface area contributed by atoms with E-state index >= 15 is 0 Å². The van der Waals surface area contributed by atoms with Crippen molar-refractivity contribution in [1.82, 2.24) is 5.32 Å². The molecule has 0 aliphatic carbocycles. The lowest BCUT2D eigenvalue weighted by atomic mass is 10.1. The van der Waals surface area contributed by atoms with Gasteiger partial charge in [0, 0.05) is 25.3 Å². The lowest BCUT2D eigenvalue weighted by Crippen LogP contribution is -2.49. The van der Waals surface area contributed by atoms with E-state index in [2.05, 4.69) is 10.2 Å². The largest absolute Gasteiger partial charge is 0.378 e. The minimum absolute atomic E-state index is 0.137. The quantitative estimate of drug-likeness (QED) is 0.670. The number of carbonyl (C=O) groups excluding carboxylic acids is 1. The van der Waals surface area contributed by atoms with Crippen LogP contribution in [-0.4, -0.2) is 52.9 Å². The van der Waals surface area contributed by atoms with E-state index in [-0.39, 0.29) is 18.7 Å². The highest BCUT2D eigenvalue weighted by Gasteiger charge is 2.32. The minimum Gasteiger partial charge on any atom is -0.378 e. The molecule has 1 aliphatic rings. The van der Waals surface area contributed by atoms with Crippen LogP contribution in [0.4, 0.5) is 15.8 Å². The molecular weight excluding hydrogens is 421 g/mol. The molecule has 1 aliphatic heterocycles. The summed E-state index contributed by atoms with van der Waals surface area (Å²) in [5.74, 6) is -1.17. The van der Waals surface area contributed by atoms with E-state index in [0.717, 1.165) is 34.9 Å². The van der Waals surface area contributed by atoms with Gasteiger partial charge in [0.1, 0.15) is 11.9 Å². The van der Waals surface area contributed by atoms with Crippen molar-refractivity contribution in [2.75, 3.05) is 41.8 Å². The third-order valence-electron chi connectivity index (χ3n) is 5.20. The number of ether oxygens (including phenoxy) is 1. The predicted molar refractivity (Wildman–Crippen MR) is 119 cm³/mol. The molecule has 1 fully saturated rings. The summed E-state index contributed by atoms with van der Waals surface area (Å²) in [6, 6.07) is 12.3. The Morgan fingerprint density at radius 3 is 2.39 bits per heavy atom. The van der Waals surface area contributed by atoms with Crippen LogP contribution >= 0.6 is 0 Å². The summed E-state index contributed by atoms with van der Waals surface area (Å²) < 4.78 is 45.4. The van der Waals surface area contributed by atoms with Gasteiger partial charge in [-0.25, -0.2) is 12.8 Å². The number of benzene rings is 2. The second-order valence-electron chi connectivity index (χ2n) is 7.42. The maximum absolute atomic E-state index is 14.3. The van der Waals surface area contributed by atoms with Crippen molar-refractivity contribution in [3.63, 3.8) is 0 Å². The number of anilines is 2. The van der Waals surface area contributed by atoms with Crippen molar-refractivity contribution in [1.29, 1.82) is 0 Å². The van der Waals surface area contributed by atoms with Crippen molar-refractivity contribution < 1.29 is 22.3 Å². The molecule has 1 saturated heterocycles. The van der Waals surface area contributed by atoms with Gasteiger partial charge in [-0.3, -0.25) is 9.10 Å². The smallest absolute Gasteiger partial charge is 0.244 e. The molecule has 7 nitrogen and oxygen atoms in total. The number of sulfonamides is 1. The van der Waals surface area contributed by atoms with Crippen molar-refractivity contribution in [2.45, 2.75) is 25.9 Å². The molecule has 1 unspecified atom stereocenters. The third-order valence-corrected chi connectivity index (χ3v) is 6.36. The Hall–Kier alpha value is -2.65. The molecule has 9 heteroatoms. The van der Waals surface area contributed by atoms with Crippen LogP contribution in [0.15, 0.2) is 48.5 Å². The van der Waals surface area contributed by atoms with E-state index in [1.807, 2.05) is 24.3 Å². The molecule has 31 heavy (non-hydrogen) atoms. The summed E-state index contributed by atoms with van der Waals surface area (Å²) in [5, 5.41) is 2.79. The molecule has 168 valence electrons. The number of hydrogen-bond acceptors (Lipinski definition) is 5.